The average Bonchev–Trinajstić information content (AvgIpc) is 3.58. The number of carbonyl (C=O) groups excluding carboxylic acids is 1. The fourth-order valence-electron chi connectivity index (χ4n) is 4.23. The summed E-state index contributed by atoms with van der Waals surface area (Å²) in [6, 6.07) is 12.7. The fourth-order valence-corrected chi connectivity index (χ4v) is 4.23. The third kappa shape index (κ3) is 4.61. The molecule has 1 aliphatic heterocycles. The van der Waals surface area contributed by atoms with Crippen molar-refractivity contribution in [3.63, 3.8) is 0 Å². The highest BCUT2D eigenvalue weighted by Crippen LogP contribution is 2.36. The molecule has 4 aromatic rings. The SMILES string of the molecule is Cc1cccc(-c2ocnc2C(=O)N2CCCC2c2nc(-c3ccccc3OC(F)(F)F)n[nH]2)c1. The lowest BCUT2D eigenvalue weighted by Gasteiger charge is -2.22. The van der Waals surface area contributed by atoms with Gasteiger partial charge in [-0.1, -0.05) is 35.9 Å². The fraction of sp³-hybridized carbons (Fsp3) is 0.250. The molecule has 1 amide bonds. The number of amides is 1. The second kappa shape index (κ2) is 8.90. The number of H-pyrrole nitrogens is 1. The predicted octanol–water partition coefficient (Wildman–Crippen LogP) is 5.31. The highest BCUT2D eigenvalue weighted by atomic mass is 19.4. The molecule has 0 saturated carbocycles. The monoisotopic (exact) mass is 483 g/mol. The number of para-hydroxylation sites is 1. The number of nitrogens with one attached hydrogen (secondary N) is 1. The van der Waals surface area contributed by atoms with Gasteiger partial charge in [0.05, 0.1) is 11.6 Å². The Hall–Kier alpha value is -4.15. The van der Waals surface area contributed by atoms with Gasteiger partial charge in [-0.25, -0.2) is 9.97 Å². The number of hydrogen-bond acceptors (Lipinski definition) is 6. The number of ether oxygens (including phenoxy) is 1. The minimum Gasteiger partial charge on any atom is -0.443 e. The molecule has 0 aliphatic carbocycles. The quantitative estimate of drug-likeness (QED) is 0.413. The molecule has 0 bridgehead atoms. The molecule has 11 heteroatoms. The summed E-state index contributed by atoms with van der Waals surface area (Å²) in [6.07, 6.45) is -2.28. The first-order valence-corrected chi connectivity index (χ1v) is 10.9. The van der Waals surface area contributed by atoms with E-state index < -0.39 is 18.2 Å². The van der Waals surface area contributed by atoms with Crippen LogP contribution in [0.4, 0.5) is 13.2 Å². The number of aromatic nitrogens is 4. The zero-order valence-electron chi connectivity index (χ0n) is 18.5. The Morgan fingerprint density at radius 1 is 1.20 bits per heavy atom. The van der Waals surface area contributed by atoms with Gasteiger partial charge in [0.15, 0.2) is 23.7 Å². The maximum atomic E-state index is 13.5. The summed E-state index contributed by atoms with van der Waals surface area (Å²) in [5, 5.41) is 6.88. The number of benzene rings is 2. The maximum absolute atomic E-state index is 13.5. The third-order valence-electron chi connectivity index (χ3n) is 5.74. The zero-order chi connectivity index (χ0) is 24.6. The summed E-state index contributed by atoms with van der Waals surface area (Å²) in [5.41, 5.74) is 2.03. The Labute approximate surface area is 197 Å². The van der Waals surface area contributed by atoms with Crippen LogP contribution < -0.4 is 4.74 Å². The summed E-state index contributed by atoms with van der Waals surface area (Å²) in [7, 11) is 0. The first-order valence-electron chi connectivity index (χ1n) is 10.9. The average molecular weight is 483 g/mol. The molecule has 1 unspecified atom stereocenters. The van der Waals surface area contributed by atoms with E-state index in [2.05, 4.69) is 24.9 Å². The number of hydrogen-bond donors (Lipinski definition) is 1. The number of rotatable bonds is 5. The molecule has 0 spiro atoms. The van der Waals surface area contributed by atoms with Crippen LogP contribution in [0.3, 0.4) is 0 Å². The van der Waals surface area contributed by atoms with Crippen molar-refractivity contribution in [2.75, 3.05) is 6.54 Å². The third-order valence-corrected chi connectivity index (χ3v) is 5.74. The molecule has 1 N–H and O–H groups in total. The van der Waals surface area contributed by atoms with Gasteiger partial charge in [0, 0.05) is 12.1 Å². The van der Waals surface area contributed by atoms with Gasteiger partial charge in [-0.05, 0) is 38.0 Å². The highest BCUT2D eigenvalue weighted by Gasteiger charge is 2.36. The van der Waals surface area contributed by atoms with E-state index in [1.165, 1.54) is 24.6 Å². The summed E-state index contributed by atoms with van der Waals surface area (Å²) in [5.74, 6) is 0.0574. The Kier molecular flexibility index (Phi) is 5.75. The molecule has 5 rings (SSSR count). The topological polar surface area (TPSA) is 97.1 Å². The molecule has 0 radical (unpaired) electrons. The molecule has 180 valence electrons. The highest BCUT2D eigenvalue weighted by molar-refractivity contribution is 5.98. The van der Waals surface area contributed by atoms with Gasteiger partial charge in [-0.3, -0.25) is 9.89 Å². The van der Waals surface area contributed by atoms with Crippen molar-refractivity contribution >= 4 is 5.91 Å². The number of likely N-dealkylation sites (tertiary alicyclic amines) is 1. The normalized spacial score (nSPS) is 16.0. The Balaban J connectivity index is 1.42. The number of aryl methyl sites for hydroxylation is 1. The summed E-state index contributed by atoms with van der Waals surface area (Å²) < 4.78 is 48.1. The van der Waals surface area contributed by atoms with Crippen LogP contribution in [0, 0.1) is 6.92 Å². The second-order valence-corrected chi connectivity index (χ2v) is 8.14. The molecular formula is C24H20F3N5O3. The van der Waals surface area contributed by atoms with Gasteiger partial charge in [0.25, 0.3) is 5.91 Å². The molecule has 35 heavy (non-hydrogen) atoms. The van der Waals surface area contributed by atoms with Crippen molar-refractivity contribution in [1.29, 1.82) is 0 Å². The van der Waals surface area contributed by atoms with E-state index in [4.69, 9.17) is 4.42 Å². The molecule has 1 saturated heterocycles. The van der Waals surface area contributed by atoms with Crippen LogP contribution in [0.1, 0.15) is 40.8 Å². The van der Waals surface area contributed by atoms with Crippen molar-refractivity contribution in [3.8, 4) is 28.5 Å². The van der Waals surface area contributed by atoms with Crippen molar-refractivity contribution in [1.82, 2.24) is 25.1 Å². The first kappa shape index (κ1) is 22.6. The van der Waals surface area contributed by atoms with Crippen molar-refractivity contribution in [2.45, 2.75) is 32.2 Å². The van der Waals surface area contributed by atoms with Crippen LogP contribution >= 0.6 is 0 Å². The lowest BCUT2D eigenvalue weighted by Crippen LogP contribution is -2.31. The second-order valence-electron chi connectivity index (χ2n) is 8.14. The smallest absolute Gasteiger partial charge is 0.443 e. The Morgan fingerprint density at radius 3 is 2.83 bits per heavy atom. The van der Waals surface area contributed by atoms with Crippen LogP contribution in [0.25, 0.3) is 22.7 Å². The summed E-state index contributed by atoms with van der Waals surface area (Å²) in [6.45, 7) is 2.41. The van der Waals surface area contributed by atoms with E-state index >= 15 is 0 Å². The Bertz CT molecular complexity index is 1360. The minimum atomic E-state index is -4.85. The first-order chi connectivity index (χ1) is 16.8. The van der Waals surface area contributed by atoms with E-state index in [-0.39, 0.29) is 23.0 Å². The molecule has 1 aliphatic rings. The lowest BCUT2D eigenvalue weighted by molar-refractivity contribution is -0.274. The largest absolute Gasteiger partial charge is 0.573 e. The van der Waals surface area contributed by atoms with E-state index in [1.807, 2.05) is 31.2 Å². The minimum absolute atomic E-state index is 0.0426. The van der Waals surface area contributed by atoms with Crippen LogP contribution in [0.2, 0.25) is 0 Å². The van der Waals surface area contributed by atoms with Gasteiger partial charge in [0.2, 0.25) is 0 Å². The molecule has 2 aromatic heterocycles. The zero-order valence-corrected chi connectivity index (χ0v) is 18.5. The number of carbonyl (C=O) groups is 1. The van der Waals surface area contributed by atoms with Crippen LogP contribution in [0.15, 0.2) is 59.3 Å². The summed E-state index contributed by atoms with van der Waals surface area (Å²) >= 11 is 0. The molecule has 8 nitrogen and oxygen atoms in total. The van der Waals surface area contributed by atoms with E-state index in [1.54, 1.807) is 11.0 Å². The van der Waals surface area contributed by atoms with E-state index in [0.717, 1.165) is 17.5 Å². The standard InChI is InChI=1S/C24H20F3N5O3/c1-14-6-4-7-15(12-14)20-19(28-13-34-20)23(33)32-11-5-9-17(32)22-29-21(30-31-22)16-8-2-3-10-18(16)35-24(25,26)27/h2-4,6-8,10,12-13,17H,5,9,11H2,1H3,(H,29,30,31). The number of aromatic amines is 1. The molecule has 1 atom stereocenters. The van der Waals surface area contributed by atoms with E-state index in [0.29, 0.717) is 24.6 Å². The number of alkyl halides is 3. The lowest BCUT2D eigenvalue weighted by atomic mass is 10.1. The van der Waals surface area contributed by atoms with Gasteiger partial charge >= 0.3 is 6.36 Å². The number of halogens is 3. The molecule has 1 fully saturated rings. The van der Waals surface area contributed by atoms with Crippen LogP contribution in [-0.4, -0.2) is 43.9 Å². The van der Waals surface area contributed by atoms with Gasteiger partial charge in [-0.2, -0.15) is 5.10 Å². The Morgan fingerprint density at radius 2 is 2.03 bits per heavy atom. The van der Waals surface area contributed by atoms with E-state index in [9.17, 15) is 18.0 Å². The van der Waals surface area contributed by atoms with Crippen molar-refractivity contribution in [2.24, 2.45) is 0 Å². The number of nitrogens with zero attached hydrogens (tertiary/aromatic N) is 4. The molecule has 2 aromatic carbocycles. The van der Waals surface area contributed by atoms with Crippen LogP contribution in [-0.2, 0) is 0 Å². The summed E-state index contributed by atoms with van der Waals surface area (Å²) in [4.78, 5) is 23.7. The maximum Gasteiger partial charge on any atom is 0.573 e. The van der Waals surface area contributed by atoms with Crippen LogP contribution in [0.5, 0.6) is 5.75 Å². The number of oxazole rings is 1. The molecular weight excluding hydrogens is 463 g/mol. The predicted molar refractivity (Wildman–Crippen MR) is 118 cm³/mol. The van der Waals surface area contributed by atoms with Gasteiger partial charge < -0.3 is 14.1 Å². The van der Waals surface area contributed by atoms with Crippen molar-refractivity contribution in [3.05, 3.63) is 72.0 Å². The van der Waals surface area contributed by atoms with Gasteiger partial charge in [0.1, 0.15) is 11.6 Å². The van der Waals surface area contributed by atoms with Gasteiger partial charge in [-0.15, -0.1) is 13.2 Å². The molecule has 3 heterocycles. The van der Waals surface area contributed by atoms with Crippen molar-refractivity contribution < 1.29 is 27.1 Å².